The van der Waals surface area contributed by atoms with Crippen LogP contribution in [0.2, 0.25) is 0 Å². The fourth-order valence-electron chi connectivity index (χ4n) is 1.55. The Morgan fingerprint density at radius 3 is 2.47 bits per heavy atom. The Hall–Kier alpha value is -1.11. The van der Waals surface area contributed by atoms with E-state index in [-0.39, 0.29) is 6.10 Å². The number of ether oxygens (including phenoxy) is 1. The van der Waals surface area contributed by atoms with Gasteiger partial charge in [-0.25, -0.2) is 0 Å². The van der Waals surface area contributed by atoms with Crippen LogP contribution in [0.3, 0.4) is 0 Å². The van der Waals surface area contributed by atoms with Gasteiger partial charge in [-0.3, -0.25) is 11.3 Å². The largest absolute Gasteiger partial charge is 0.416 e. The average Bonchev–Trinajstić information content (AvgIpc) is 2.29. The van der Waals surface area contributed by atoms with Crippen LogP contribution in [-0.2, 0) is 10.9 Å². The molecule has 0 saturated heterocycles. The summed E-state index contributed by atoms with van der Waals surface area (Å²) in [7, 11) is 1.47. The lowest BCUT2D eigenvalue weighted by molar-refractivity contribution is -0.137. The Bertz CT molecular complexity index is 368. The molecule has 0 aliphatic rings. The van der Waals surface area contributed by atoms with E-state index in [2.05, 4.69) is 5.43 Å². The van der Waals surface area contributed by atoms with Crippen molar-refractivity contribution < 1.29 is 17.9 Å². The van der Waals surface area contributed by atoms with Crippen molar-refractivity contribution in [3.63, 3.8) is 0 Å². The highest BCUT2D eigenvalue weighted by Gasteiger charge is 2.31. The minimum absolute atomic E-state index is 0.330. The number of benzene rings is 1. The molecule has 0 saturated carbocycles. The van der Waals surface area contributed by atoms with Crippen molar-refractivity contribution in [3.05, 3.63) is 35.4 Å². The van der Waals surface area contributed by atoms with Crippen LogP contribution in [0.5, 0.6) is 0 Å². The van der Waals surface area contributed by atoms with Crippen LogP contribution in [0, 0.1) is 0 Å². The molecule has 0 bridgehead atoms. The first-order valence-electron chi connectivity index (χ1n) is 5.06. The molecule has 0 aliphatic heterocycles. The summed E-state index contributed by atoms with van der Waals surface area (Å²) >= 11 is 0. The molecule has 2 atom stereocenters. The van der Waals surface area contributed by atoms with E-state index in [4.69, 9.17) is 10.6 Å². The molecule has 96 valence electrons. The van der Waals surface area contributed by atoms with Gasteiger partial charge in [0.05, 0.1) is 17.7 Å². The second-order valence-electron chi connectivity index (χ2n) is 3.71. The maximum absolute atomic E-state index is 12.5. The van der Waals surface area contributed by atoms with E-state index < -0.39 is 17.8 Å². The van der Waals surface area contributed by atoms with E-state index in [1.807, 2.05) is 0 Å². The summed E-state index contributed by atoms with van der Waals surface area (Å²) in [5, 5.41) is 0. The Morgan fingerprint density at radius 2 is 2.00 bits per heavy atom. The van der Waals surface area contributed by atoms with Crippen molar-refractivity contribution in [3.8, 4) is 0 Å². The predicted molar refractivity (Wildman–Crippen MR) is 58.0 cm³/mol. The third-order valence-electron chi connectivity index (χ3n) is 2.59. The minimum Gasteiger partial charge on any atom is -0.380 e. The van der Waals surface area contributed by atoms with Gasteiger partial charge >= 0.3 is 6.18 Å². The number of methoxy groups -OCH3 is 1. The van der Waals surface area contributed by atoms with E-state index in [1.165, 1.54) is 13.2 Å². The molecule has 17 heavy (non-hydrogen) atoms. The molecule has 0 aliphatic carbocycles. The van der Waals surface area contributed by atoms with Gasteiger partial charge in [0.25, 0.3) is 0 Å². The molecule has 1 rings (SSSR count). The van der Waals surface area contributed by atoms with Crippen molar-refractivity contribution in [1.29, 1.82) is 0 Å². The summed E-state index contributed by atoms with van der Waals surface area (Å²) in [6, 6.07) is 4.54. The average molecular weight is 248 g/mol. The zero-order valence-corrected chi connectivity index (χ0v) is 9.58. The van der Waals surface area contributed by atoms with Gasteiger partial charge < -0.3 is 4.74 Å². The number of halogens is 3. The van der Waals surface area contributed by atoms with E-state index in [0.717, 1.165) is 12.1 Å². The van der Waals surface area contributed by atoms with Crippen LogP contribution in [0.25, 0.3) is 0 Å². The highest BCUT2D eigenvalue weighted by Crippen LogP contribution is 2.31. The molecule has 2 unspecified atom stereocenters. The summed E-state index contributed by atoms with van der Waals surface area (Å²) in [6.45, 7) is 1.73. The zero-order chi connectivity index (χ0) is 13.1. The van der Waals surface area contributed by atoms with Crippen LogP contribution in [0.4, 0.5) is 13.2 Å². The van der Waals surface area contributed by atoms with Gasteiger partial charge in [-0.15, -0.1) is 0 Å². The third kappa shape index (κ3) is 3.42. The van der Waals surface area contributed by atoms with E-state index in [9.17, 15) is 13.2 Å². The summed E-state index contributed by atoms with van der Waals surface area (Å²) in [6.07, 6.45) is -4.69. The number of hydrazine groups is 1. The molecule has 0 heterocycles. The summed E-state index contributed by atoms with van der Waals surface area (Å²) in [4.78, 5) is 0. The highest BCUT2D eigenvalue weighted by atomic mass is 19.4. The quantitative estimate of drug-likeness (QED) is 0.634. The van der Waals surface area contributed by atoms with Crippen molar-refractivity contribution in [2.24, 2.45) is 5.84 Å². The first-order chi connectivity index (χ1) is 7.90. The molecular weight excluding hydrogens is 233 g/mol. The van der Waals surface area contributed by atoms with Crippen LogP contribution >= 0.6 is 0 Å². The summed E-state index contributed by atoms with van der Waals surface area (Å²) < 4.78 is 42.7. The molecule has 0 radical (unpaired) electrons. The molecule has 0 aromatic heterocycles. The van der Waals surface area contributed by atoms with Crippen LogP contribution < -0.4 is 11.3 Å². The van der Waals surface area contributed by atoms with Crippen LogP contribution in [0.1, 0.15) is 24.1 Å². The van der Waals surface area contributed by atoms with Gasteiger partial charge in [0.2, 0.25) is 0 Å². The number of nitrogens with one attached hydrogen (secondary N) is 1. The van der Waals surface area contributed by atoms with E-state index in [0.29, 0.717) is 5.56 Å². The lowest BCUT2D eigenvalue weighted by atomic mass is 10.0. The number of nitrogens with two attached hydrogens (primary N) is 1. The van der Waals surface area contributed by atoms with Gasteiger partial charge in [-0.05, 0) is 24.6 Å². The SMILES string of the molecule is COC(C)C(NN)c1cccc(C(F)(F)F)c1. The number of hydrogen-bond acceptors (Lipinski definition) is 3. The second-order valence-corrected chi connectivity index (χ2v) is 3.71. The Kier molecular flexibility index (Phi) is 4.50. The fourth-order valence-corrected chi connectivity index (χ4v) is 1.55. The Balaban J connectivity index is 3.05. The lowest BCUT2D eigenvalue weighted by Crippen LogP contribution is -2.36. The number of hydrogen-bond donors (Lipinski definition) is 2. The lowest BCUT2D eigenvalue weighted by Gasteiger charge is -2.23. The van der Waals surface area contributed by atoms with Gasteiger partial charge in [-0.2, -0.15) is 13.2 Å². The summed E-state index contributed by atoms with van der Waals surface area (Å²) in [5.41, 5.74) is 2.20. The standard InChI is InChI=1S/C11H15F3N2O/c1-7(17-2)10(16-15)8-4-3-5-9(6-8)11(12,13)14/h3-7,10,16H,15H2,1-2H3. The topological polar surface area (TPSA) is 47.3 Å². The molecule has 3 N–H and O–H groups in total. The van der Waals surface area contributed by atoms with Crippen molar-refractivity contribution in [2.75, 3.05) is 7.11 Å². The van der Waals surface area contributed by atoms with Crippen molar-refractivity contribution >= 4 is 0 Å². The third-order valence-corrected chi connectivity index (χ3v) is 2.59. The molecule has 1 aromatic rings. The fraction of sp³-hybridized carbons (Fsp3) is 0.455. The molecule has 3 nitrogen and oxygen atoms in total. The maximum atomic E-state index is 12.5. The Labute approximate surface area is 97.7 Å². The normalized spacial score (nSPS) is 15.6. The van der Waals surface area contributed by atoms with E-state index >= 15 is 0 Å². The van der Waals surface area contributed by atoms with Gasteiger partial charge in [0.15, 0.2) is 0 Å². The molecule has 6 heteroatoms. The highest BCUT2D eigenvalue weighted by molar-refractivity contribution is 5.28. The summed E-state index contributed by atoms with van der Waals surface area (Å²) in [5.74, 6) is 5.33. The zero-order valence-electron chi connectivity index (χ0n) is 9.58. The number of alkyl halides is 3. The van der Waals surface area contributed by atoms with Gasteiger partial charge in [0, 0.05) is 7.11 Å². The maximum Gasteiger partial charge on any atom is 0.416 e. The number of rotatable bonds is 4. The van der Waals surface area contributed by atoms with E-state index in [1.54, 1.807) is 13.0 Å². The first-order valence-corrected chi connectivity index (χ1v) is 5.06. The molecule has 1 aromatic carbocycles. The van der Waals surface area contributed by atoms with Crippen LogP contribution in [0.15, 0.2) is 24.3 Å². The second kappa shape index (κ2) is 5.48. The molecule has 0 spiro atoms. The minimum atomic E-state index is -4.36. The predicted octanol–water partition coefficient (Wildman–Crippen LogP) is 2.24. The van der Waals surface area contributed by atoms with Crippen molar-refractivity contribution in [1.82, 2.24) is 5.43 Å². The van der Waals surface area contributed by atoms with Gasteiger partial charge in [0.1, 0.15) is 0 Å². The molecular formula is C11H15F3N2O. The van der Waals surface area contributed by atoms with Crippen LogP contribution in [-0.4, -0.2) is 13.2 Å². The molecule has 0 amide bonds. The first kappa shape index (κ1) is 14.0. The monoisotopic (exact) mass is 248 g/mol. The molecule has 0 fully saturated rings. The smallest absolute Gasteiger partial charge is 0.380 e. The van der Waals surface area contributed by atoms with Crippen molar-refractivity contribution in [2.45, 2.75) is 25.2 Å². The van der Waals surface area contributed by atoms with Gasteiger partial charge in [-0.1, -0.05) is 12.1 Å². The Morgan fingerprint density at radius 1 is 1.35 bits per heavy atom.